The predicted molar refractivity (Wildman–Crippen MR) is 135 cm³/mol. The molecule has 1 heteroatoms. The molecule has 32 heavy (non-hydrogen) atoms. The fourth-order valence-corrected chi connectivity index (χ4v) is 4.70. The highest BCUT2D eigenvalue weighted by Crippen LogP contribution is 2.38. The molecule has 0 bridgehead atoms. The lowest BCUT2D eigenvalue weighted by Crippen LogP contribution is -1.87. The first-order valence-electron chi connectivity index (χ1n) is 10.8. The van der Waals surface area contributed by atoms with E-state index in [-0.39, 0.29) is 0 Å². The van der Waals surface area contributed by atoms with E-state index in [1.54, 1.807) is 0 Å². The molecule has 0 N–H and O–H groups in total. The Morgan fingerprint density at radius 2 is 1.03 bits per heavy atom. The van der Waals surface area contributed by atoms with Gasteiger partial charge >= 0.3 is 0 Å². The van der Waals surface area contributed by atoms with Crippen molar-refractivity contribution in [2.45, 2.75) is 0 Å². The smallest absolute Gasteiger partial charge is 0.0991 e. The van der Waals surface area contributed by atoms with Gasteiger partial charge in [-0.3, -0.25) is 0 Å². The Balaban J connectivity index is 1.54. The van der Waals surface area contributed by atoms with Gasteiger partial charge in [-0.2, -0.15) is 5.26 Å². The summed E-state index contributed by atoms with van der Waals surface area (Å²) < 4.78 is 0. The van der Waals surface area contributed by atoms with Crippen LogP contribution in [-0.2, 0) is 0 Å². The quantitative estimate of drug-likeness (QED) is 0.266. The molecular weight excluding hydrogens is 386 g/mol. The third-order valence-corrected chi connectivity index (χ3v) is 6.29. The summed E-state index contributed by atoms with van der Waals surface area (Å²) in [6, 6.07) is 42.7. The Labute approximate surface area is 186 Å². The monoisotopic (exact) mass is 405 g/mol. The lowest BCUT2D eigenvalue weighted by atomic mass is 9.90. The lowest BCUT2D eigenvalue weighted by molar-refractivity contribution is 1.48. The van der Waals surface area contributed by atoms with Gasteiger partial charge < -0.3 is 0 Å². The summed E-state index contributed by atoms with van der Waals surface area (Å²) in [7, 11) is 0. The summed E-state index contributed by atoms with van der Waals surface area (Å²) in [5.41, 5.74) is 5.39. The minimum atomic E-state index is 0.681. The molecule has 6 aromatic carbocycles. The lowest BCUT2D eigenvalue weighted by Gasteiger charge is -2.13. The highest BCUT2D eigenvalue weighted by Gasteiger charge is 2.11. The molecule has 0 fully saturated rings. The average Bonchev–Trinajstić information content (AvgIpc) is 2.88. The second kappa shape index (κ2) is 7.38. The second-order valence-corrected chi connectivity index (χ2v) is 8.12. The number of rotatable bonds is 2. The Morgan fingerprint density at radius 1 is 0.469 bits per heavy atom. The molecule has 6 rings (SSSR count). The highest BCUT2D eigenvalue weighted by molar-refractivity contribution is 6.23. The minimum absolute atomic E-state index is 0.681. The van der Waals surface area contributed by atoms with Crippen LogP contribution >= 0.6 is 0 Å². The zero-order valence-electron chi connectivity index (χ0n) is 17.4. The van der Waals surface area contributed by atoms with Crippen LogP contribution in [0, 0.1) is 11.3 Å². The van der Waals surface area contributed by atoms with E-state index in [1.165, 1.54) is 43.4 Å². The molecule has 148 valence electrons. The molecular formula is C31H19N. The predicted octanol–water partition coefficient (Wildman–Crippen LogP) is 8.35. The Bertz CT molecular complexity index is 1650. The van der Waals surface area contributed by atoms with Gasteiger partial charge in [0, 0.05) is 0 Å². The molecule has 0 aliphatic rings. The van der Waals surface area contributed by atoms with E-state index in [1.807, 2.05) is 24.3 Å². The van der Waals surface area contributed by atoms with Crippen molar-refractivity contribution in [3.8, 4) is 28.3 Å². The van der Waals surface area contributed by atoms with E-state index in [9.17, 15) is 0 Å². The number of hydrogen-bond acceptors (Lipinski definition) is 1. The molecule has 0 amide bonds. The van der Waals surface area contributed by atoms with Gasteiger partial charge in [-0.15, -0.1) is 0 Å². The van der Waals surface area contributed by atoms with Gasteiger partial charge in [-0.1, -0.05) is 97.1 Å². The number of fused-ring (bicyclic) bond motifs is 5. The van der Waals surface area contributed by atoms with Crippen molar-refractivity contribution < 1.29 is 0 Å². The van der Waals surface area contributed by atoms with Crippen molar-refractivity contribution in [3.05, 3.63) is 121 Å². The van der Waals surface area contributed by atoms with E-state index < -0.39 is 0 Å². The first kappa shape index (κ1) is 18.4. The van der Waals surface area contributed by atoms with Gasteiger partial charge in [0.25, 0.3) is 0 Å². The van der Waals surface area contributed by atoms with Gasteiger partial charge in [-0.25, -0.2) is 0 Å². The maximum atomic E-state index is 9.03. The van der Waals surface area contributed by atoms with Crippen molar-refractivity contribution in [1.82, 2.24) is 0 Å². The summed E-state index contributed by atoms with van der Waals surface area (Å²) >= 11 is 0. The van der Waals surface area contributed by atoms with Crippen molar-refractivity contribution >= 4 is 32.3 Å². The standard InChI is InChI=1S/C31H19N/c32-20-21-9-11-22(12-10-21)23-13-15-25(16-14-23)30-19-26-18-17-24-5-1-2-6-27(24)31(26)29-8-4-3-7-28(29)30/h1-19H. The van der Waals surface area contributed by atoms with Crippen LogP contribution in [0.15, 0.2) is 115 Å². The van der Waals surface area contributed by atoms with E-state index in [0.717, 1.165) is 11.1 Å². The van der Waals surface area contributed by atoms with Crippen LogP contribution in [0.25, 0.3) is 54.6 Å². The topological polar surface area (TPSA) is 23.8 Å². The van der Waals surface area contributed by atoms with E-state index in [2.05, 4.69) is 97.1 Å². The van der Waals surface area contributed by atoms with Crippen molar-refractivity contribution in [2.75, 3.05) is 0 Å². The summed E-state index contributed by atoms with van der Waals surface area (Å²) in [5.74, 6) is 0. The molecule has 0 heterocycles. The van der Waals surface area contributed by atoms with Crippen LogP contribution < -0.4 is 0 Å². The number of nitrogens with zero attached hydrogens (tertiary/aromatic N) is 1. The Kier molecular flexibility index (Phi) is 4.23. The largest absolute Gasteiger partial charge is 0.192 e. The molecule has 0 aromatic heterocycles. The van der Waals surface area contributed by atoms with E-state index >= 15 is 0 Å². The summed E-state index contributed by atoms with van der Waals surface area (Å²) in [4.78, 5) is 0. The van der Waals surface area contributed by atoms with Crippen LogP contribution in [-0.4, -0.2) is 0 Å². The zero-order chi connectivity index (χ0) is 21.5. The SMILES string of the molecule is N#Cc1ccc(-c2ccc(-c3cc4ccc5ccccc5c4c4ccccc34)cc2)cc1. The second-order valence-electron chi connectivity index (χ2n) is 8.12. The van der Waals surface area contributed by atoms with E-state index in [4.69, 9.17) is 5.26 Å². The van der Waals surface area contributed by atoms with Crippen LogP contribution in [0.2, 0.25) is 0 Å². The Hall–Kier alpha value is -4.41. The highest BCUT2D eigenvalue weighted by atomic mass is 14.2. The van der Waals surface area contributed by atoms with Crippen LogP contribution in [0.5, 0.6) is 0 Å². The van der Waals surface area contributed by atoms with Gasteiger partial charge in [0.05, 0.1) is 11.6 Å². The average molecular weight is 406 g/mol. The van der Waals surface area contributed by atoms with Gasteiger partial charge in [0.2, 0.25) is 0 Å². The molecule has 0 saturated heterocycles. The van der Waals surface area contributed by atoms with Crippen molar-refractivity contribution in [3.63, 3.8) is 0 Å². The fraction of sp³-hybridized carbons (Fsp3) is 0. The van der Waals surface area contributed by atoms with Gasteiger partial charge in [-0.05, 0) is 72.8 Å². The maximum Gasteiger partial charge on any atom is 0.0991 e. The third-order valence-electron chi connectivity index (χ3n) is 6.29. The Morgan fingerprint density at radius 3 is 1.75 bits per heavy atom. The van der Waals surface area contributed by atoms with Gasteiger partial charge in [0.1, 0.15) is 0 Å². The first-order valence-corrected chi connectivity index (χ1v) is 10.8. The first-order chi connectivity index (χ1) is 15.8. The minimum Gasteiger partial charge on any atom is -0.192 e. The molecule has 0 atom stereocenters. The molecule has 0 spiro atoms. The van der Waals surface area contributed by atoms with Crippen LogP contribution in [0.3, 0.4) is 0 Å². The zero-order valence-corrected chi connectivity index (χ0v) is 17.4. The normalized spacial score (nSPS) is 11.1. The molecule has 0 unspecified atom stereocenters. The van der Waals surface area contributed by atoms with Crippen molar-refractivity contribution in [2.24, 2.45) is 0 Å². The summed E-state index contributed by atoms with van der Waals surface area (Å²) in [5, 5.41) is 16.7. The third kappa shape index (κ3) is 2.94. The van der Waals surface area contributed by atoms with Crippen molar-refractivity contribution in [1.29, 1.82) is 5.26 Å². The fourth-order valence-electron chi connectivity index (χ4n) is 4.70. The molecule has 0 radical (unpaired) electrons. The molecule has 6 aromatic rings. The molecule has 0 aliphatic carbocycles. The summed E-state index contributed by atoms with van der Waals surface area (Å²) in [6.07, 6.45) is 0. The molecule has 1 nitrogen and oxygen atoms in total. The molecule has 0 saturated carbocycles. The van der Waals surface area contributed by atoms with Crippen LogP contribution in [0.4, 0.5) is 0 Å². The number of nitriles is 1. The summed E-state index contributed by atoms with van der Waals surface area (Å²) in [6.45, 7) is 0. The number of benzene rings is 6. The molecule has 0 aliphatic heterocycles. The maximum absolute atomic E-state index is 9.03. The van der Waals surface area contributed by atoms with E-state index in [0.29, 0.717) is 5.56 Å². The van der Waals surface area contributed by atoms with Crippen LogP contribution in [0.1, 0.15) is 5.56 Å². The van der Waals surface area contributed by atoms with Gasteiger partial charge in [0.15, 0.2) is 0 Å². The number of hydrogen-bond donors (Lipinski definition) is 0.